The molecule has 96 valence electrons. The van der Waals surface area contributed by atoms with Crippen LogP contribution in [-0.2, 0) is 11.2 Å². The second kappa shape index (κ2) is 4.71. The average Bonchev–Trinajstić information content (AvgIpc) is 2.36. The van der Waals surface area contributed by atoms with Crippen LogP contribution in [0.5, 0.6) is 0 Å². The summed E-state index contributed by atoms with van der Waals surface area (Å²) in [6.45, 7) is 2.41. The van der Waals surface area contributed by atoms with Crippen LogP contribution in [0, 0.1) is 5.92 Å². The highest BCUT2D eigenvalue weighted by molar-refractivity contribution is 5.84. The van der Waals surface area contributed by atoms with Gasteiger partial charge in [0.2, 0.25) is 5.91 Å². The molecule has 2 aliphatic heterocycles. The number of aliphatic hydroxyl groups is 1. The Labute approximate surface area is 107 Å². The topological polar surface area (TPSA) is 52.6 Å². The molecule has 1 saturated heterocycles. The summed E-state index contributed by atoms with van der Waals surface area (Å²) in [5.74, 6) is 0.416. The smallest absolute Gasteiger partial charge is 0.244 e. The lowest BCUT2D eigenvalue weighted by Gasteiger charge is -2.41. The van der Waals surface area contributed by atoms with Crippen molar-refractivity contribution < 1.29 is 9.90 Å². The van der Waals surface area contributed by atoms with E-state index in [2.05, 4.69) is 11.4 Å². The zero-order chi connectivity index (χ0) is 12.5. The second-order valence-corrected chi connectivity index (χ2v) is 5.13. The summed E-state index contributed by atoms with van der Waals surface area (Å²) in [5.41, 5.74) is 2.38. The van der Waals surface area contributed by atoms with Crippen molar-refractivity contribution in [3.63, 3.8) is 0 Å². The van der Waals surface area contributed by atoms with Gasteiger partial charge in [0.1, 0.15) is 6.04 Å². The molecule has 0 bridgehead atoms. The number of benzene rings is 1. The van der Waals surface area contributed by atoms with E-state index in [4.69, 9.17) is 5.11 Å². The van der Waals surface area contributed by atoms with Crippen LogP contribution >= 0.6 is 0 Å². The molecule has 1 amide bonds. The Balaban J connectivity index is 1.76. The molecule has 1 aromatic rings. The van der Waals surface area contributed by atoms with Crippen LogP contribution < -0.4 is 5.32 Å². The van der Waals surface area contributed by atoms with Gasteiger partial charge in [-0.1, -0.05) is 24.3 Å². The lowest BCUT2D eigenvalue weighted by atomic mass is 9.91. The minimum Gasteiger partial charge on any atom is -0.396 e. The van der Waals surface area contributed by atoms with Crippen molar-refractivity contribution in [3.05, 3.63) is 35.4 Å². The van der Waals surface area contributed by atoms with Crippen molar-refractivity contribution in [3.8, 4) is 0 Å². The number of amides is 1. The highest BCUT2D eigenvalue weighted by Crippen LogP contribution is 2.27. The number of nitrogens with zero attached hydrogens (tertiary/aromatic N) is 1. The first-order valence-corrected chi connectivity index (χ1v) is 6.50. The Morgan fingerprint density at radius 1 is 1.39 bits per heavy atom. The van der Waals surface area contributed by atoms with E-state index in [-0.39, 0.29) is 24.5 Å². The van der Waals surface area contributed by atoms with Crippen LogP contribution in [0.2, 0.25) is 0 Å². The summed E-state index contributed by atoms with van der Waals surface area (Å²) in [5, 5.41) is 12.3. The van der Waals surface area contributed by atoms with E-state index >= 15 is 0 Å². The maximum absolute atomic E-state index is 12.4. The van der Waals surface area contributed by atoms with E-state index in [1.54, 1.807) is 0 Å². The van der Waals surface area contributed by atoms with Gasteiger partial charge in [0, 0.05) is 32.2 Å². The molecule has 0 aliphatic carbocycles. The summed E-state index contributed by atoms with van der Waals surface area (Å²) in [4.78, 5) is 14.2. The summed E-state index contributed by atoms with van der Waals surface area (Å²) in [6.07, 6.45) is 0.985. The largest absolute Gasteiger partial charge is 0.396 e. The van der Waals surface area contributed by atoms with Gasteiger partial charge in [-0.2, -0.15) is 0 Å². The lowest BCUT2D eigenvalue weighted by Crippen LogP contribution is -2.55. The number of carbonyl (C=O) groups excluding carboxylic acids is 1. The van der Waals surface area contributed by atoms with Gasteiger partial charge in [0.25, 0.3) is 0 Å². The maximum atomic E-state index is 12.4. The van der Waals surface area contributed by atoms with Gasteiger partial charge >= 0.3 is 0 Å². The van der Waals surface area contributed by atoms with Crippen LogP contribution in [0.1, 0.15) is 17.2 Å². The fourth-order valence-electron chi connectivity index (χ4n) is 2.77. The second-order valence-electron chi connectivity index (χ2n) is 5.13. The Morgan fingerprint density at radius 3 is 2.94 bits per heavy atom. The van der Waals surface area contributed by atoms with E-state index in [1.165, 1.54) is 5.56 Å². The molecule has 0 radical (unpaired) electrons. The van der Waals surface area contributed by atoms with Crippen molar-refractivity contribution in [1.82, 2.24) is 10.2 Å². The molecule has 2 heterocycles. The maximum Gasteiger partial charge on any atom is 0.244 e. The molecule has 1 unspecified atom stereocenters. The number of aliphatic hydroxyl groups excluding tert-OH is 1. The van der Waals surface area contributed by atoms with Gasteiger partial charge in [0.15, 0.2) is 0 Å². The number of nitrogens with one attached hydrogen (secondary N) is 1. The molecule has 2 N–H and O–H groups in total. The molecule has 1 aromatic carbocycles. The first-order valence-electron chi connectivity index (χ1n) is 6.50. The molecule has 1 fully saturated rings. The first kappa shape index (κ1) is 11.7. The Kier molecular flexibility index (Phi) is 3.06. The number of likely N-dealkylation sites (tertiary alicyclic amines) is 1. The monoisotopic (exact) mass is 246 g/mol. The molecule has 0 aromatic heterocycles. The molecule has 0 saturated carbocycles. The van der Waals surface area contributed by atoms with Gasteiger partial charge in [-0.3, -0.25) is 4.79 Å². The molecular weight excluding hydrogens is 228 g/mol. The van der Waals surface area contributed by atoms with E-state index in [1.807, 2.05) is 23.1 Å². The third-order valence-corrected chi connectivity index (χ3v) is 3.88. The minimum absolute atomic E-state index is 0.145. The normalized spacial score (nSPS) is 23.4. The van der Waals surface area contributed by atoms with Crippen molar-refractivity contribution in [2.75, 3.05) is 26.2 Å². The molecule has 0 spiro atoms. The molecule has 1 atom stereocenters. The standard InChI is InChI=1S/C14H18N2O2/c17-9-10-7-16(8-10)14(18)13-12-4-2-1-3-11(12)5-6-15-13/h1-4,10,13,15,17H,5-9H2. The minimum atomic E-state index is -0.199. The van der Waals surface area contributed by atoms with Crippen molar-refractivity contribution in [1.29, 1.82) is 0 Å². The van der Waals surface area contributed by atoms with Gasteiger partial charge in [0.05, 0.1) is 0 Å². The summed E-state index contributed by atoms with van der Waals surface area (Å²) in [7, 11) is 0. The Morgan fingerprint density at radius 2 is 2.17 bits per heavy atom. The number of hydrogen-bond acceptors (Lipinski definition) is 3. The van der Waals surface area contributed by atoms with Crippen molar-refractivity contribution in [2.45, 2.75) is 12.5 Å². The van der Waals surface area contributed by atoms with E-state index in [9.17, 15) is 4.79 Å². The van der Waals surface area contributed by atoms with Crippen LogP contribution in [0.25, 0.3) is 0 Å². The van der Waals surface area contributed by atoms with E-state index in [0.29, 0.717) is 13.1 Å². The third kappa shape index (κ3) is 1.91. The number of hydrogen-bond donors (Lipinski definition) is 2. The fraction of sp³-hybridized carbons (Fsp3) is 0.500. The van der Waals surface area contributed by atoms with Gasteiger partial charge < -0.3 is 15.3 Å². The molecule has 4 heteroatoms. The molecule has 4 nitrogen and oxygen atoms in total. The van der Waals surface area contributed by atoms with Crippen LogP contribution in [0.4, 0.5) is 0 Å². The predicted octanol–water partition coefficient (Wildman–Crippen LogP) is 0.324. The Bertz CT molecular complexity index is 455. The van der Waals surface area contributed by atoms with Gasteiger partial charge in [-0.25, -0.2) is 0 Å². The van der Waals surface area contributed by atoms with Crippen molar-refractivity contribution in [2.24, 2.45) is 5.92 Å². The Hall–Kier alpha value is -1.39. The summed E-state index contributed by atoms with van der Waals surface area (Å²) >= 11 is 0. The highest BCUT2D eigenvalue weighted by Gasteiger charge is 2.36. The number of rotatable bonds is 2. The zero-order valence-corrected chi connectivity index (χ0v) is 10.3. The number of fused-ring (bicyclic) bond motifs is 1. The molecular formula is C14H18N2O2. The van der Waals surface area contributed by atoms with Crippen LogP contribution in [-0.4, -0.2) is 42.2 Å². The van der Waals surface area contributed by atoms with Crippen LogP contribution in [0.3, 0.4) is 0 Å². The summed E-state index contributed by atoms with van der Waals surface area (Å²) in [6, 6.07) is 7.95. The first-order chi connectivity index (χ1) is 8.79. The molecule has 2 aliphatic rings. The zero-order valence-electron chi connectivity index (χ0n) is 10.3. The number of carbonyl (C=O) groups is 1. The SMILES string of the molecule is O=C(C1NCCc2ccccc21)N1CC(CO)C1. The quantitative estimate of drug-likeness (QED) is 0.790. The van der Waals surface area contributed by atoms with Crippen LogP contribution in [0.15, 0.2) is 24.3 Å². The van der Waals surface area contributed by atoms with E-state index < -0.39 is 0 Å². The van der Waals surface area contributed by atoms with Gasteiger partial charge in [-0.05, 0) is 17.5 Å². The van der Waals surface area contributed by atoms with Gasteiger partial charge in [-0.15, -0.1) is 0 Å². The highest BCUT2D eigenvalue weighted by atomic mass is 16.3. The molecule has 3 rings (SSSR count). The summed E-state index contributed by atoms with van der Waals surface area (Å²) < 4.78 is 0. The fourth-order valence-corrected chi connectivity index (χ4v) is 2.77. The van der Waals surface area contributed by atoms with E-state index in [0.717, 1.165) is 18.5 Å². The average molecular weight is 246 g/mol. The van der Waals surface area contributed by atoms with Crippen molar-refractivity contribution >= 4 is 5.91 Å². The lowest BCUT2D eigenvalue weighted by molar-refractivity contribution is -0.141. The third-order valence-electron chi connectivity index (χ3n) is 3.88. The predicted molar refractivity (Wildman–Crippen MR) is 68.0 cm³/mol. The molecule has 18 heavy (non-hydrogen) atoms.